The van der Waals surface area contributed by atoms with Gasteiger partial charge in [-0.25, -0.2) is 4.39 Å². The van der Waals surface area contributed by atoms with Crippen LogP contribution in [0.1, 0.15) is 17.2 Å². The van der Waals surface area contributed by atoms with E-state index in [0.717, 1.165) is 0 Å². The lowest BCUT2D eigenvalue weighted by Gasteiger charge is -2.19. The van der Waals surface area contributed by atoms with Crippen LogP contribution in [0.5, 0.6) is 11.5 Å². The summed E-state index contributed by atoms with van der Waals surface area (Å²) < 4.78 is 26.0. The summed E-state index contributed by atoms with van der Waals surface area (Å²) in [5.41, 5.74) is 7.28. The van der Waals surface area contributed by atoms with Crippen molar-refractivity contribution in [3.63, 3.8) is 0 Å². The highest BCUT2D eigenvalue weighted by Gasteiger charge is 2.21. The Balaban J connectivity index is 2.52. The third-order valence-corrected chi connectivity index (χ3v) is 4.39. The summed E-state index contributed by atoms with van der Waals surface area (Å²) in [7, 11) is 3.10. The fourth-order valence-electron chi connectivity index (χ4n) is 2.08. The van der Waals surface area contributed by atoms with Gasteiger partial charge in [0, 0.05) is 15.6 Å². The fraction of sp³-hybridized carbons (Fsp3) is 0.200. The van der Waals surface area contributed by atoms with E-state index in [0.29, 0.717) is 31.6 Å². The van der Waals surface area contributed by atoms with E-state index in [4.69, 9.17) is 15.2 Å². The molecule has 0 amide bonds. The van der Waals surface area contributed by atoms with Gasteiger partial charge in [-0.1, -0.05) is 22.0 Å². The first-order chi connectivity index (χ1) is 9.99. The summed E-state index contributed by atoms with van der Waals surface area (Å²) in [6.45, 7) is 0. The molecule has 2 aromatic rings. The fourth-order valence-corrected chi connectivity index (χ4v) is 3.10. The summed E-state index contributed by atoms with van der Waals surface area (Å²) in [5, 5.41) is 0. The molecule has 0 aliphatic heterocycles. The molecule has 0 saturated heterocycles. The zero-order chi connectivity index (χ0) is 15.6. The quantitative estimate of drug-likeness (QED) is 0.799. The van der Waals surface area contributed by atoms with Crippen molar-refractivity contribution in [2.45, 2.75) is 6.04 Å². The molecule has 0 saturated carbocycles. The van der Waals surface area contributed by atoms with Crippen LogP contribution in [0.15, 0.2) is 39.3 Å². The van der Waals surface area contributed by atoms with Gasteiger partial charge in [-0.2, -0.15) is 0 Å². The van der Waals surface area contributed by atoms with Crippen molar-refractivity contribution in [1.29, 1.82) is 0 Å². The lowest BCUT2D eigenvalue weighted by atomic mass is 9.98. The van der Waals surface area contributed by atoms with Gasteiger partial charge in [0.25, 0.3) is 0 Å². The maximum Gasteiger partial charge on any atom is 0.141 e. The molecule has 6 heteroatoms. The number of benzene rings is 2. The molecule has 0 fully saturated rings. The van der Waals surface area contributed by atoms with Crippen LogP contribution in [0.3, 0.4) is 0 Å². The van der Waals surface area contributed by atoms with Gasteiger partial charge < -0.3 is 15.2 Å². The number of nitrogens with two attached hydrogens (primary N) is 1. The maximum atomic E-state index is 14.1. The zero-order valence-corrected chi connectivity index (χ0v) is 14.7. The van der Waals surface area contributed by atoms with Crippen molar-refractivity contribution in [3.8, 4) is 11.5 Å². The second kappa shape index (κ2) is 6.77. The van der Waals surface area contributed by atoms with Gasteiger partial charge in [0.1, 0.15) is 21.8 Å². The number of hydrogen-bond donors (Lipinski definition) is 1. The van der Waals surface area contributed by atoms with E-state index in [1.807, 2.05) is 0 Å². The molecule has 112 valence electrons. The van der Waals surface area contributed by atoms with Crippen molar-refractivity contribution in [2.75, 3.05) is 14.2 Å². The van der Waals surface area contributed by atoms with Crippen LogP contribution in [0.2, 0.25) is 0 Å². The first-order valence-electron chi connectivity index (χ1n) is 6.10. The summed E-state index contributed by atoms with van der Waals surface area (Å²) in [6.07, 6.45) is 0. The Morgan fingerprint density at radius 3 is 2.29 bits per heavy atom. The second-order valence-electron chi connectivity index (χ2n) is 4.35. The Bertz CT molecular complexity index is 664. The van der Waals surface area contributed by atoms with Crippen LogP contribution in [-0.4, -0.2) is 14.2 Å². The summed E-state index contributed by atoms with van der Waals surface area (Å²) in [4.78, 5) is 0. The van der Waals surface area contributed by atoms with E-state index in [-0.39, 0.29) is 5.82 Å². The Kier molecular flexibility index (Phi) is 5.24. The third-order valence-electron chi connectivity index (χ3n) is 3.15. The highest BCUT2D eigenvalue weighted by molar-refractivity contribution is 9.11. The van der Waals surface area contributed by atoms with Crippen LogP contribution in [0, 0.1) is 5.82 Å². The number of ether oxygens (including phenoxy) is 2. The van der Waals surface area contributed by atoms with Gasteiger partial charge in [0.15, 0.2) is 0 Å². The molecular weight excluding hydrogens is 405 g/mol. The Morgan fingerprint density at radius 1 is 1.05 bits per heavy atom. The molecule has 0 aliphatic carbocycles. The van der Waals surface area contributed by atoms with Crippen LogP contribution in [-0.2, 0) is 0 Å². The third kappa shape index (κ3) is 3.22. The predicted molar refractivity (Wildman–Crippen MR) is 87.4 cm³/mol. The molecule has 0 aromatic heterocycles. The summed E-state index contributed by atoms with van der Waals surface area (Å²) in [5.74, 6) is 0.786. The zero-order valence-electron chi connectivity index (χ0n) is 11.5. The van der Waals surface area contributed by atoms with Crippen molar-refractivity contribution >= 4 is 31.9 Å². The average Bonchev–Trinajstić information content (AvgIpc) is 2.46. The Labute approximate surface area is 139 Å². The molecule has 1 atom stereocenters. The smallest absolute Gasteiger partial charge is 0.141 e. The summed E-state index contributed by atoms with van der Waals surface area (Å²) >= 11 is 6.65. The van der Waals surface area contributed by atoms with Gasteiger partial charge in [0.05, 0.1) is 20.3 Å². The van der Waals surface area contributed by atoms with Crippen molar-refractivity contribution in [2.24, 2.45) is 5.73 Å². The van der Waals surface area contributed by atoms with Crippen molar-refractivity contribution in [3.05, 3.63) is 56.2 Å². The van der Waals surface area contributed by atoms with Crippen molar-refractivity contribution in [1.82, 2.24) is 0 Å². The minimum Gasteiger partial charge on any atom is -0.495 e. The lowest BCUT2D eigenvalue weighted by molar-refractivity contribution is 0.384. The lowest BCUT2D eigenvalue weighted by Crippen LogP contribution is -2.15. The molecule has 2 aromatic carbocycles. The van der Waals surface area contributed by atoms with Crippen molar-refractivity contribution < 1.29 is 13.9 Å². The van der Waals surface area contributed by atoms with E-state index in [1.54, 1.807) is 31.4 Å². The normalized spacial score (nSPS) is 12.1. The van der Waals surface area contributed by atoms with Gasteiger partial charge in [-0.15, -0.1) is 0 Å². The molecule has 0 radical (unpaired) electrons. The topological polar surface area (TPSA) is 44.5 Å². The highest BCUT2D eigenvalue weighted by atomic mass is 79.9. The van der Waals surface area contributed by atoms with E-state index >= 15 is 0 Å². The molecule has 3 nitrogen and oxygen atoms in total. The van der Waals surface area contributed by atoms with Gasteiger partial charge in [0.2, 0.25) is 0 Å². The molecule has 0 heterocycles. The molecule has 2 N–H and O–H groups in total. The minimum atomic E-state index is -0.643. The second-order valence-corrected chi connectivity index (χ2v) is 6.06. The first kappa shape index (κ1) is 16.3. The van der Waals surface area contributed by atoms with Gasteiger partial charge in [-0.05, 0) is 40.2 Å². The van der Waals surface area contributed by atoms with Crippen LogP contribution >= 0.6 is 31.9 Å². The number of hydrogen-bond acceptors (Lipinski definition) is 3. The van der Waals surface area contributed by atoms with E-state index in [9.17, 15) is 4.39 Å². The average molecular weight is 419 g/mol. The van der Waals surface area contributed by atoms with Gasteiger partial charge >= 0.3 is 0 Å². The molecule has 1 unspecified atom stereocenters. The highest BCUT2D eigenvalue weighted by Crippen LogP contribution is 2.41. The predicted octanol–water partition coefficient (Wildman–Crippen LogP) is 4.42. The van der Waals surface area contributed by atoms with E-state index in [1.165, 1.54) is 13.2 Å². The molecule has 2 rings (SSSR count). The van der Waals surface area contributed by atoms with E-state index in [2.05, 4.69) is 31.9 Å². The largest absolute Gasteiger partial charge is 0.495 e. The van der Waals surface area contributed by atoms with Gasteiger partial charge in [-0.3, -0.25) is 0 Å². The van der Waals surface area contributed by atoms with E-state index < -0.39 is 6.04 Å². The first-order valence-corrected chi connectivity index (χ1v) is 7.69. The number of methoxy groups -OCH3 is 2. The Morgan fingerprint density at radius 2 is 1.71 bits per heavy atom. The number of rotatable bonds is 4. The monoisotopic (exact) mass is 417 g/mol. The number of halogens is 3. The minimum absolute atomic E-state index is 0.370. The SMILES string of the molecule is COc1ccc(C(N)c2ccc(Br)cc2F)c(OC)c1Br. The molecule has 21 heavy (non-hydrogen) atoms. The molecule has 0 bridgehead atoms. The van der Waals surface area contributed by atoms with Crippen LogP contribution in [0.4, 0.5) is 4.39 Å². The standard InChI is InChI=1S/C15H14Br2FNO2/c1-20-12-6-5-10(15(21-2)13(12)17)14(19)9-4-3-8(16)7-11(9)18/h3-7,14H,19H2,1-2H3. The van der Waals surface area contributed by atoms with Crippen LogP contribution < -0.4 is 15.2 Å². The maximum absolute atomic E-state index is 14.1. The van der Waals surface area contributed by atoms with Crippen LogP contribution in [0.25, 0.3) is 0 Å². The molecule has 0 aliphatic rings. The summed E-state index contributed by atoms with van der Waals surface area (Å²) in [6, 6.07) is 7.69. The molecule has 0 spiro atoms. The molecular formula is C15H14Br2FNO2. The Hall–Kier alpha value is -1.11.